The normalized spacial score (nSPS) is 28.8. The summed E-state index contributed by atoms with van der Waals surface area (Å²) < 4.78 is 0. The van der Waals surface area contributed by atoms with E-state index in [2.05, 4.69) is 19.1 Å². The second kappa shape index (κ2) is 4.11. The third-order valence-corrected chi connectivity index (χ3v) is 2.46. The Balaban J connectivity index is 2.57. The number of allylic oxidation sites excluding steroid dienone is 4. The monoisotopic (exact) mass is 186 g/mol. The van der Waals surface area contributed by atoms with E-state index in [-0.39, 0.29) is 11.5 Å². The van der Waals surface area contributed by atoms with Gasteiger partial charge in [-0.1, -0.05) is 23.8 Å². The first-order chi connectivity index (χ1) is 5.66. The lowest BCUT2D eigenvalue weighted by Gasteiger charge is -2.23. The smallest absolute Gasteiger partial charge is 0.0809 e. The van der Waals surface area contributed by atoms with Gasteiger partial charge < -0.3 is 5.11 Å². The molecule has 0 bridgehead atoms. The highest BCUT2D eigenvalue weighted by Crippen LogP contribution is 2.30. The molecule has 1 N–H and O–H groups in total. The molecule has 0 heterocycles. The van der Waals surface area contributed by atoms with Crippen molar-refractivity contribution in [1.29, 1.82) is 0 Å². The topological polar surface area (TPSA) is 20.2 Å². The van der Waals surface area contributed by atoms with Crippen molar-refractivity contribution in [3.05, 3.63) is 23.8 Å². The highest BCUT2D eigenvalue weighted by Gasteiger charge is 2.22. The minimum Gasteiger partial charge on any atom is -0.396 e. The third kappa shape index (κ3) is 2.65. The van der Waals surface area contributed by atoms with Gasteiger partial charge in [0.15, 0.2) is 0 Å². The van der Waals surface area contributed by atoms with Crippen LogP contribution in [0, 0.1) is 0 Å². The Labute approximate surface area is 78.7 Å². The molecule has 1 rings (SSSR count). The molecule has 0 aromatic rings. The second-order valence-corrected chi connectivity index (χ2v) is 4.05. The molecule has 1 aliphatic carbocycles. The Kier molecular flexibility index (Phi) is 3.36. The summed E-state index contributed by atoms with van der Waals surface area (Å²) in [4.78, 5) is -0.328. The minimum atomic E-state index is -0.328. The summed E-state index contributed by atoms with van der Waals surface area (Å²) in [6, 6.07) is 0. The average Bonchev–Trinajstić information content (AvgIpc) is 2.01. The lowest BCUT2D eigenvalue weighted by Crippen LogP contribution is -2.18. The quantitative estimate of drug-likeness (QED) is 0.531. The lowest BCUT2D eigenvalue weighted by molar-refractivity contribution is 0.282. The zero-order valence-corrected chi connectivity index (χ0v) is 8.14. The van der Waals surface area contributed by atoms with Crippen LogP contribution >= 0.6 is 11.6 Å². The Morgan fingerprint density at radius 2 is 2.42 bits per heavy atom. The van der Waals surface area contributed by atoms with E-state index in [0.717, 1.165) is 19.3 Å². The maximum atomic E-state index is 8.67. The summed E-state index contributed by atoms with van der Waals surface area (Å²) in [5.74, 6) is 0. The van der Waals surface area contributed by atoms with Gasteiger partial charge in [0.25, 0.3) is 0 Å². The van der Waals surface area contributed by atoms with Crippen LogP contribution in [0.2, 0.25) is 0 Å². The van der Waals surface area contributed by atoms with Gasteiger partial charge in [0.05, 0.1) is 4.87 Å². The molecule has 0 spiro atoms. The highest BCUT2D eigenvalue weighted by atomic mass is 35.5. The Hall–Kier alpha value is -0.270. The van der Waals surface area contributed by atoms with E-state index in [4.69, 9.17) is 16.7 Å². The maximum Gasteiger partial charge on any atom is 0.0809 e. The first kappa shape index (κ1) is 9.82. The van der Waals surface area contributed by atoms with E-state index in [1.165, 1.54) is 5.57 Å². The predicted molar refractivity (Wildman–Crippen MR) is 52.4 cm³/mol. The third-order valence-electron chi connectivity index (χ3n) is 2.04. The molecule has 0 aromatic heterocycles. The van der Waals surface area contributed by atoms with Gasteiger partial charge in [-0.2, -0.15) is 0 Å². The number of rotatable bonds is 3. The fourth-order valence-corrected chi connectivity index (χ4v) is 1.87. The van der Waals surface area contributed by atoms with Gasteiger partial charge >= 0.3 is 0 Å². The van der Waals surface area contributed by atoms with Crippen LogP contribution in [0.5, 0.6) is 0 Å². The van der Waals surface area contributed by atoms with Gasteiger partial charge in [-0.15, -0.1) is 11.6 Å². The Morgan fingerprint density at radius 3 is 3.00 bits per heavy atom. The largest absolute Gasteiger partial charge is 0.396 e. The van der Waals surface area contributed by atoms with Crippen molar-refractivity contribution in [2.45, 2.75) is 31.1 Å². The Morgan fingerprint density at radius 1 is 1.67 bits per heavy atom. The molecule has 12 heavy (non-hydrogen) atoms. The maximum absolute atomic E-state index is 8.67. The van der Waals surface area contributed by atoms with Crippen molar-refractivity contribution in [1.82, 2.24) is 0 Å². The summed E-state index contributed by atoms with van der Waals surface area (Å²) in [5, 5.41) is 8.67. The van der Waals surface area contributed by atoms with Crippen molar-refractivity contribution in [2.75, 3.05) is 6.61 Å². The van der Waals surface area contributed by atoms with Crippen LogP contribution < -0.4 is 0 Å². The van der Waals surface area contributed by atoms with E-state index in [1.807, 2.05) is 6.08 Å². The molecule has 0 radical (unpaired) electrons. The van der Waals surface area contributed by atoms with Crippen molar-refractivity contribution in [3.63, 3.8) is 0 Å². The molecule has 0 aliphatic heterocycles. The van der Waals surface area contributed by atoms with Crippen molar-refractivity contribution < 1.29 is 5.11 Å². The van der Waals surface area contributed by atoms with E-state index < -0.39 is 0 Å². The van der Waals surface area contributed by atoms with E-state index in [9.17, 15) is 0 Å². The number of aliphatic hydroxyl groups excluding tert-OH is 1. The number of hydrogen-bond acceptors (Lipinski definition) is 1. The molecule has 0 amide bonds. The molecule has 0 saturated carbocycles. The van der Waals surface area contributed by atoms with Gasteiger partial charge in [0.1, 0.15) is 0 Å². The summed E-state index contributed by atoms with van der Waals surface area (Å²) in [5.41, 5.74) is 1.31. The van der Waals surface area contributed by atoms with Crippen LogP contribution in [0.4, 0.5) is 0 Å². The van der Waals surface area contributed by atoms with Crippen molar-refractivity contribution in [2.24, 2.45) is 0 Å². The summed E-state index contributed by atoms with van der Waals surface area (Å²) >= 11 is 6.27. The minimum absolute atomic E-state index is 0.217. The fraction of sp³-hybridized carbons (Fsp3) is 0.600. The molecular weight excluding hydrogens is 172 g/mol. The van der Waals surface area contributed by atoms with Crippen LogP contribution in [-0.4, -0.2) is 16.6 Å². The molecule has 1 atom stereocenters. The zero-order valence-electron chi connectivity index (χ0n) is 7.39. The zero-order chi connectivity index (χ0) is 9.03. The van der Waals surface area contributed by atoms with E-state index >= 15 is 0 Å². The highest BCUT2D eigenvalue weighted by molar-refractivity contribution is 6.26. The fourth-order valence-electron chi connectivity index (χ4n) is 1.46. The van der Waals surface area contributed by atoms with Gasteiger partial charge in [-0.3, -0.25) is 0 Å². The summed E-state index contributed by atoms with van der Waals surface area (Å²) in [6.45, 7) is 2.30. The SMILES string of the molecule is CC1=CC(Cl)(CCCO)C=CC1. The van der Waals surface area contributed by atoms with Crippen LogP contribution in [-0.2, 0) is 0 Å². The lowest BCUT2D eigenvalue weighted by atomic mass is 9.93. The van der Waals surface area contributed by atoms with E-state index in [0.29, 0.717) is 0 Å². The molecule has 2 heteroatoms. The number of halogens is 1. The summed E-state index contributed by atoms with van der Waals surface area (Å²) in [6.07, 6.45) is 8.80. The first-order valence-corrected chi connectivity index (χ1v) is 4.70. The molecule has 68 valence electrons. The van der Waals surface area contributed by atoms with Crippen LogP contribution in [0.3, 0.4) is 0 Å². The molecule has 1 unspecified atom stereocenters. The molecule has 1 aliphatic rings. The number of alkyl halides is 1. The predicted octanol–water partition coefficient (Wildman–Crippen LogP) is 2.64. The van der Waals surface area contributed by atoms with Crippen molar-refractivity contribution >= 4 is 11.6 Å². The average molecular weight is 187 g/mol. The second-order valence-electron chi connectivity index (χ2n) is 3.35. The van der Waals surface area contributed by atoms with Gasteiger partial charge in [-0.05, 0) is 26.2 Å². The number of aliphatic hydroxyl groups is 1. The molecule has 1 nitrogen and oxygen atoms in total. The van der Waals surface area contributed by atoms with Gasteiger partial charge in [0, 0.05) is 6.61 Å². The van der Waals surface area contributed by atoms with Crippen LogP contribution in [0.1, 0.15) is 26.2 Å². The first-order valence-electron chi connectivity index (χ1n) is 4.32. The number of hydrogen-bond donors (Lipinski definition) is 1. The molecule has 0 saturated heterocycles. The molecular formula is C10H15ClO. The Bertz CT molecular complexity index is 208. The molecule has 0 fully saturated rings. The standard InChI is InChI=1S/C10H15ClO/c1-9-4-2-5-10(11,8-9)6-3-7-12/h2,5,8,12H,3-4,6-7H2,1H3. The van der Waals surface area contributed by atoms with Crippen LogP contribution in [0.15, 0.2) is 23.8 Å². The van der Waals surface area contributed by atoms with Crippen LogP contribution in [0.25, 0.3) is 0 Å². The van der Waals surface area contributed by atoms with Gasteiger partial charge in [-0.25, -0.2) is 0 Å². The van der Waals surface area contributed by atoms with Crippen molar-refractivity contribution in [3.8, 4) is 0 Å². The summed E-state index contributed by atoms with van der Waals surface area (Å²) in [7, 11) is 0. The molecule has 0 aromatic carbocycles. The van der Waals surface area contributed by atoms with Gasteiger partial charge in [0.2, 0.25) is 0 Å². The van der Waals surface area contributed by atoms with E-state index in [1.54, 1.807) is 0 Å².